The molecule has 21 heavy (non-hydrogen) atoms. The third-order valence-electron chi connectivity index (χ3n) is 3.48. The van der Waals surface area contributed by atoms with Gasteiger partial charge in [-0.15, -0.1) is 0 Å². The molecule has 112 valence electrons. The van der Waals surface area contributed by atoms with E-state index in [1.165, 1.54) is 11.1 Å². The van der Waals surface area contributed by atoms with Crippen LogP contribution >= 0.6 is 0 Å². The van der Waals surface area contributed by atoms with Gasteiger partial charge in [-0.1, -0.05) is 74.0 Å². The quantitative estimate of drug-likeness (QED) is 0.645. The summed E-state index contributed by atoms with van der Waals surface area (Å²) in [6.45, 7) is 5.63. The molecule has 2 nitrogen and oxygen atoms in total. The highest BCUT2D eigenvalue weighted by Gasteiger charge is 2.30. The van der Waals surface area contributed by atoms with Crippen molar-refractivity contribution >= 4 is 8.56 Å². The molecule has 0 heterocycles. The van der Waals surface area contributed by atoms with E-state index in [0.717, 1.165) is 12.5 Å². The van der Waals surface area contributed by atoms with Gasteiger partial charge in [0.2, 0.25) is 0 Å². The fourth-order valence-corrected chi connectivity index (χ4v) is 4.48. The Morgan fingerprint density at radius 1 is 0.762 bits per heavy atom. The monoisotopic (exact) mass is 300 g/mol. The van der Waals surface area contributed by atoms with Gasteiger partial charge in [0.15, 0.2) is 0 Å². The zero-order valence-corrected chi connectivity index (χ0v) is 13.9. The first-order valence-electron chi connectivity index (χ1n) is 7.57. The van der Waals surface area contributed by atoms with Gasteiger partial charge in [-0.2, -0.15) is 0 Å². The zero-order valence-electron chi connectivity index (χ0n) is 12.9. The molecular formula is C18H24O2Si. The minimum atomic E-state index is -2.11. The first kappa shape index (κ1) is 16.0. The van der Waals surface area contributed by atoms with E-state index in [9.17, 15) is 0 Å². The normalized spacial score (nSPS) is 11.5. The molecule has 0 saturated heterocycles. The van der Waals surface area contributed by atoms with Crippen molar-refractivity contribution in [2.75, 3.05) is 0 Å². The fourth-order valence-electron chi connectivity index (χ4n) is 2.26. The summed E-state index contributed by atoms with van der Waals surface area (Å²) in [5.74, 6) is 0. The molecule has 0 aliphatic rings. The first-order valence-corrected chi connectivity index (χ1v) is 10.1. The van der Waals surface area contributed by atoms with Gasteiger partial charge in [0.1, 0.15) is 0 Å². The van der Waals surface area contributed by atoms with E-state index in [4.69, 9.17) is 8.85 Å². The van der Waals surface area contributed by atoms with Crippen LogP contribution in [0.2, 0.25) is 12.6 Å². The number of hydrogen-bond acceptors (Lipinski definition) is 2. The lowest BCUT2D eigenvalue weighted by molar-refractivity contribution is 0.158. The molecule has 0 aromatic heterocycles. The highest BCUT2D eigenvalue weighted by Crippen LogP contribution is 2.20. The summed E-state index contributed by atoms with van der Waals surface area (Å²) in [5, 5.41) is 0. The van der Waals surface area contributed by atoms with Gasteiger partial charge in [-0.3, -0.25) is 0 Å². The van der Waals surface area contributed by atoms with E-state index in [1.807, 2.05) is 36.4 Å². The van der Waals surface area contributed by atoms with E-state index in [-0.39, 0.29) is 0 Å². The Balaban J connectivity index is 1.92. The van der Waals surface area contributed by atoms with Crippen molar-refractivity contribution in [3.63, 3.8) is 0 Å². The molecule has 0 aliphatic carbocycles. The maximum Gasteiger partial charge on any atom is 0.335 e. The van der Waals surface area contributed by atoms with Gasteiger partial charge < -0.3 is 8.85 Å². The maximum atomic E-state index is 6.19. The van der Waals surface area contributed by atoms with Crippen LogP contribution in [-0.2, 0) is 22.1 Å². The topological polar surface area (TPSA) is 18.5 Å². The van der Waals surface area contributed by atoms with Crippen molar-refractivity contribution < 1.29 is 8.85 Å². The third kappa shape index (κ3) is 5.46. The maximum absolute atomic E-state index is 6.19. The molecule has 3 heteroatoms. The Hall–Kier alpha value is -1.42. The lowest BCUT2D eigenvalue weighted by Gasteiger charge is -2.27. The second-order valence-electron chi connectivity index (χ2n) is 5.43. The van der Waals surface area contributed by atoms with Gasteiger partial charge in [-0.25, -0.2) is 0 Å². The van der Waals surface area contributed by atoms with Crippen LogP contribution in [0.15, 0.2) is 60.7 Å². The Morgan fingerprint density at radius 3 is 1.57 bits per heavy atom. The standard InChI is InChI=1S/C18H24O2Si/c1-3-14-21(2,19-15-17-10-6-4-7-11-17)20-16-18-12-8-5-9-13-18/h4-13H,3,14-16H2,1-2H3. The molecule has 2 aromatic carbocycles. The molecule has 2 rings (SSSR count). The van der Waals surface area contributed by atoms with Crippen LogP contribution in [0, 0.1) is 0 Å². The summed E-state index contributed by atoms with van der Waals surface area (Å²) in [4.78, 5) is 0. The fraction of sp³-hybridized carbons (Fsp3) is 0.333. The van der Waals surface area contributed by atoms with E-state index in [1.54, 1.807) is 0 Å². The number of rotatable bonds is 8. The zero-order chi connectivity index (χ0) is 15.0. The third-order valence-corrected chi connectivity index (χ3v) is 6.40. The smallest absolute Gasteiger partial charge is 0.335 e. The Morgan fingerprint density at radius 2 is 1.19 bits per heavy atom. The summed E-state index contributed by atoms with van der Waals surface area (Å²) >= 11 is 0. The minimum Gasteiger partial charge on any atom is -0.390 e. The average Bonchev–Trinajstić information content (AvgIpc) is 2.54. The molecule has 2 aromatic rings. The highest BCUT2D eigenvalue weighted by atomic mass is 28.4. The van der Waals surface area contributed by atoms with Crippen LogP contribution in [-0.4, -0.2) is 8.56 Å². The molecule has 0 saturated carbocycles. The second kappa shape index (κ2) is 8.13. The van der Waals surface area contributed by atoms with Crippen LogP contribution in [0.3, 0.4) is 0 Å². The van der Waals surface area contributed by atoms with Crippen molar-refractivity contribution in [2.45, 2.75) is 39.1 Å². The minimum absolute atomic E-state index is 0.637. The van der Waals surface area contributed by atoms with Gasteiger partial charge in [-0.05, 0) is 23.7 Å². The van der Waals surface area contributed by atoms with Crippen LogP contribution in [0.4, 0.5) is 0 Å². The van der Waals surface area contributed by atoms with Crippen LogP contribution in [0.25, 0.3) is 0 Å². The largest absolute Gasteiger partial charge is 0.390 e. The summed E-state index contributed by atoms with van der Waals surface area (Å²) in [7, 11) is -2.11. The Bertz CT molecular complexity index is 470. The Kier molecular flexibility index (Phi) is 6.17. The van der Waals surface area contributed by atoms with Gasteiger partial charge in [0.05, 0.1) is 13.2 Å². The summed E-state index contributed by atoms with van der Waals surface area (Å²) in [6.07, 6.45) is 1.09. The Labute approximate surface area is 129 Å². The molecule has 0 N–H and O–H groups in total. The van der Waals surface area contributed by atoms with Crippen LogP contribution in [0.1, 0.15) is 24.5 Å². The van der Waals surface area contributed by atoms with E-state index in [0.29, 0.717) is 13.2 Å². The molecule has 0 amide bonds. The van der Waals surface area contributed by atoms with Gasteiger partial charge in [0, 0.05) is 0 Å². The number of hydrogen-bond donors (Lipinski definition) is 0. The van der Waals surface area contributed by atoms with Crippen LogP contribution in [0.5, 0.6) is 0 Å². The molecule has 0 aliphatic heterocycles. The van der Waals surface area contributed by atoms with Crippen molar-refractivity contribution in [3.8, 4) is 0 Å². The lowest BCUT2D eigenvalue weighted by Crippen LogP contribution is -2.38. The summed E-state index contributed by atoms with van der Waals surface area (Å²) in [6, 6.07) is 21.6. The molecule has 0 atom stereocenters. The predicted molar refractivity (Wildman–Crippen MR) is 89.2 cm³/mol. The van der Waals surface area contributed by atoms with Gasteiger partial charge in [0.25, 0.3) is 0 Å². The van der Waals surface area contributed by atoms with Crippen molar-refractivity contribution in [2.24, 2.45) is 0 Å². The van der Waals surface area contributed by atoms with Crippen molar-refractivity contribution in [1.29, 1.82) is 0 Å². The van der Waals surface area contributed by atoms with Crippen LogP contribution < -0.4 is 0 Å². The van der Waals surface area contributed by atoms with Crippen molar-refractivity contribution in [1.82, 2.24) is 0 Å². The second-order valence-corrected chi connectivity index (χ2v) is 8.78. The molecule has 0 radical (unpaired) electrons. The van der Waals surface area contributed by atoms with E-state index in [2.05, 4.69) is 37.7 Å². The first-order chi connectivity index (χ1) is 10.2. The van der Waals surface area contributed by atoms with E-state index < -0.39 is 8.56 Å². The SMILES string of the molecule is CCC[Si](C)(OCc1ccccc1)OCc1ccccc1. The summed E-state index contributed by atoms with van der Waals surface area (Å²) < 4.78 is 12.4. The molecule has 0 unspecified atom stereocenters. The molecule has 0 spiro atoms. The van der Waals surface area contributed by atoms with E-state index >= 15 is 0 Å². The predicted octanol–water partition coefficient (Wildman–Crippen LogP) is 4.90. The lowest BCUT2D eigenvalue weighted by atomic mass is 10.2. The molecule has 0 fully saturated rings. The average molecular weight is 300 g/mol. The number of benzene rings is 2. The summed E-state index contributed by atoms with van der Waals surface area (Å²) in [5.41, 5.74) is 2.41. The van der Waals surface area contributed by atoms with Crippen molar-refractivity contribution in [3.05, 3.63) is 71.8 Å². The molecule has 0 bridgehead atoms. The highest BCUT2D eigenvalue weighted by molar-refractivity contribution is 6.65. The molecular weight excluding hydrogens is 276 g/mol. The van der Waals surface area contributed by atoms with Gasteiger partial charge >= 0.3 is 8.56 Å².